The molecule has 0 radical (unpaired) electrons. The van der Waals surface area contributed by atoms with E-state index >= 15 is 0 Å². The van der Waals surface area contributed by atoms with Crippen molar-refractivity contribution in [2.45, 2.75) is 13.0 Å². The van der Waals surface area contributed by atoms with E-state index in [1.165, 1.54) is 0 Å². The number of aromatic amines is 1. The van der Waals surface area contributed by atoms with E-state index in [2.05, 4.69) is 17.2 Å². The summed E-state index contributed by atoms with van der Waals surface area (Å²) in [7, 11) is 0. The zero-order chi connectivity index (χ0) is 13.9. The minimum atomic E-state index is 0.0844. The van der Waals surface area contributed by atoms with E-state index in [4.69, 9.17) is 0 Å². The van der Waals surface area contributed by atoms with Crippen LogP contribution in [0.5, 0.6) is 0 Å². The molecule has 0 saturated carbocycles. The Labute approximate surface area is 118 Å². The zero-order valence-corrected chi connectivity index (χ0v) is 11.6. The van der Waals surface area contributed by atoms with Gasteiger partial charge < -0.3 is 15.2 Å². The number of piperazine rings is 1. The number of carbonyl (C=O) groups is 1. The van der Waals surface area contributed by atoms with Crippen molar-refractivity contribution in [3.63, 3.8) is 0 Å². The monoisotopic (exact) mass is 269 g/mol. The third-order valence-corrected chi connectivity index (χ3v) is 3.76. The van der Waals surface area contributed by atoms with Gasteiger partial charge in [0.25, 0.3) is 5.91 Å². The quantitative estimate of drug-likeness (QED) is 0.877. The van der Waals surface area contributed by atoms with Gasteiger partial charge in [-0.2, -0.15) is 0 Å². The molecule has 1 atom stereocenters. The lowest BCUT2D eigenvalue weighted by atomic mass is 10.2. The van der Waals surface area contributed by atoms with E-state index in [9.17, 15) is 4.79 Å². The Balaban J connectivity index is 1.81. The van der Waals surface area contributed by atoms with Gasteiger partial charge in [0, 0.05) is 31.4 Å². The number of nitrogens with zero attached hydrogens (tertiary/aromatic N) is 1. The zero-order valence-electron chi connectivity index (χ0n) is 11.6. The normalized spacial score (nSPS) is 19.1. The van der Waals surface area contributed by atoms with Crippen molar-refractivity contribution in [1.29, 1.82) is 0 Å². The van der Waals surface area contributed by atoms with Crippen LogP contribution in [-0.2, 0) is 0 Å². The van der Waals surface area contributed by atoms with Crippen molar-refractivity contribution in [3.05, 3.63) is 48.2 Å². The molecule has 1 fully saturated rings. The van der Waals surface area contributed by atoms with Crippen LogP contribution in [0.25, 0.3) is 11.3 Å². The van der Waals surface area contributed by atoms with Crippen molar-refractivity contribution < 1.29 is 4.79 Å². The Bertz CT molecular complexity index is 591. The van der Waals surface area contributed by atoms with Gasteiger partial charge in [0.15, 0.2) is 0 Å². The third-order valence-electron chi connectivity index (χ3n) is 3.76. The lowest BCUT2D eigenvalue weighted by Gasteiger charge is -2.33. The lowest BCUT2D eigenvalue weighted by molar-refractivity contribution is 0.0650. The standard InChI is InChI=1S/C16H19N3O/c1-12-11-17-9-10-19(12)16(20)15-8-7-14(18-15)13-5-3-2-4-6-13/h2-8,12,17-18H,9-11H2,1H3/t12-/m1/s1. The summed E-state index contributed by atoms with van der Waals surface area (Å²) < 4.78 is 0. The highest BCUT2D eigenvalue weighted by Crippen LogP contribution is 2.19. The molecule has 4 heteroatoms. The van der Waals surface area contributed by atoms with Gasteiger partial charge in [-0.3, -0.25) is 4.79 Å². The Kier molecular flexibility index (Phi) is 3.56. The van der Waals surface area contributed by atoms with Crippen LogP contribution in [0.3, 0.4) is 0 Å². The molecule has 0 spiro atoms. The summed E-state index contributed by atoms with van der Waals surface area (Å²) in [6.45, 7) is 4.56. The second-order valence-corrected chi connectivity index (χ2v) is 5.20. The number of hydrogen-bond acceptors (Lipinski definition) is 2. The van der Waals surface area contributed by atoms with Crippen LogP contribution in [0.4, 0.5) is 0 Å². The van der Waals surface area contributed by atoms with E-state index < -0.39 is 0 Å². The fourth-order valence-electron chi connectivity index (χ4n) is 2.60. The van der Waals surface area contributed by atoms with Crippen molar-refractivity contribution in [2.24, 2.45) is 0 Å². The summed E-state index contributed by atoms with van der Waals surface area (Å²) in [6, 6.07) is 14.1. The summed E-state index contributed by atoms with van der Waals surface area (Å²) in [4.78, 5) is 17.7. The highest BCUT2D eigenvalue weighted by atomic mass is 16.2. The number of H-pyrrole nitrogens is 1. The predicted molar refractivity (Wildman–Crippen MR) is 79.6 cm³/mol. The average molecular weight is 269 g/mol. The van der Waals surface area contributed by atoms with Crippen molar-refractivity contribution in [1.82, 2.24) is 15.2 Å². The largest absolute Gasteiger partial charge is 0.351 e. The number of carbonyl (C=O) groups excluding carboxylic acids is 1. The molecule has 3 rings (SSSR count). The second-order valence-electron chi connectivity index (χ2n) is 5.20. The first-order valence-corrected chi connectivity index (χ1v) is 7.02. The van der Waals surface area contributed by atoms with Crippen LogP contribution >= 0.6 is 0 Å². The van der Waals surface area contributed by atoms with Crippen LogP contribution in [0.15, 0.2) is 42.5 Å². The number of amides is 1. The molecule has 1 aliphatic rings. The highest BCUT2D eigenvalue weighted by molar-refractivity contribution is 5.93. The van der Waals surface area contributed by atoms with E-state index in [-0.39, 0.29) is 11.9 Å². The smallest absolute Gasteiger partial charge is 0.270 e. The molecule has 1 aromatic carbocycles. The molecule has 104 valence electrons. The molecule has 1 aromatic heterocycles. The van der Waals surface area contributed by atoms with E-state index in [0.29, 0.717) is 5.69 Å². The van der Waals surface area contributed by atoms with Gasteiger partial charge in [0.2, 0.25) is 0 Å². The minimum Gasteiger partial charge on any atom is -0.351 e. The molecule has 2 heterocycles. The van der Waals surface area contributed by atoms with E-state index in [1.807, 2.05) is 47.4 Å². The van der Waals surface area contributed by atoms with Crippen LogP contribution < -0.4 is 5.32 Å². The molecule has 1 amide bonds. The molecule has 0 bridgehead atoms. The highest BCUT2D eigenvalue weighted by Gasteiger charge is 2.24. The Morgan fingerprint density at radius 3 is 2.75 bits per heavy atom. The molecular weight excluding hydrogens is 250 g/mol. The minimum absolute atomic E-state index is 0.0844. The Morgan fingerprint density at radius 1 is 1.20 bits per heavy atom. The first-order chi connectivity index (χ1) is 9.75. The predicted octanol–water partition coefficient (Wildman–Crippen LogP) is 2.12. The topological polar surface area (TPSA) is 48.1 Å². The molecule has 1 aliphatic heterocycles. The SMILES string of the molecule is C[C@@H]1CNCCN1C(=O)c1ccc(-c2ccccc2)[nH]1. The van der Waals surface area contributed by atoms with Gasteiger partial charge in [0.05, 0.1) is 0 Å². The van der Waals surface area contributed by atoms with E-state index in [1.54, 1.807) is 0 Å². The molecule has 4 nitrogen and oxygen atoms in total. The molecule has 0 aliphatic carbocycles. The van der Waals surface area contributed by atoms with E-state index in [0.717, 1.165) is 30.9 Å². The molecule has 20 heavy (non-hydrogen) atoms. The maximum atomic E-state index is 12.5. The first kappa shape index (κ1) is 12.9. The molecule has 2 aromatic rings. The van der Waals surface area contributed by atoms with Crippen LogP contribution in [0.1, 0.15) is 17.4 Å². The van der Waals surface area contributed by atoms with Crippen LogP contribution in [0, 0.1) is 0 Å². The number of nitrogens with one attached hydrogen (secondary N) is 2. The first-order valence-electron chi connectivity index (χ1n) is 7.02. The fourth-order valence-corrected chi connectivity index (χ4v) is 2.60. The fraction of sp³-hybridized carbons (Fsp3) is 0.312. The lowest BCUT2D eigenvalue weighted by Crippen LogP contribution is -2.52. The van der Waals surface area contributed by atoms with Crippen molar-refractivity contribution in [3.8, 4) is 11.3 Å². The van der Waals surface area contributed by atoms with Gasteiger partial charge in [-0.1, -0.05) is 30.3 Å². The summed E-state index contributed by atoms with van der Waals surface area (Å²) in [6.07, 6.45) is 0. The van der Waals surface area contributed by atoms with Crippen molar-refractivity contribution in [2.75, 3.05) is 19.6 Å². The van der Waals surface area contributed by atoms with Crippen molar-refractivity contribution >= 4 is 5.91 Å². The number of benzene rings is 1. The summed E-state index contributed by atoms with van der Waals surface area (Å²) in [5.41, 5.74) is 2.74. The summed E-state index contributed by atoms with van der Waals surface area (Å²) in [5, 5.41) is 3.30. The summed E-state index contributed by atoms with van der Waals surface area (Å²) in [5.74, 6) is 0.0844. The maximum absolute atomic E-state index is 12.5. The molecular formula is C16H19N3O. The molecule has 2 N–H and O–H groups in total. The van der Waals surface area contributed by atoms with Gasteiger partial charge >= 0.3 is 0 Å². The number of rotatable bonds is 2. The Morgan fingerprint density at radius 2 is 2.00 bits per heavy atom. The third kappa shape index (κ3) is 2.47. The van der Waals surface area contributed by atoms with Crippen LogP contribution in [-0.4, -0.2) is 41.5 Å². The Hall–Kier alpha value is -2.07. The maximum Gasteiger partial charge on any atom is 0.270 e. The molecule has 0 unspecified atom stereocenters. The van der Waals surface area contributed by atoms with Crippen LogP contribution in [0.2, 0.25) is 0 Å². The summed E-state index contributed by atoms with van der Waals surface area (Å²) >= 11 is 0. The number of hydrogen-bond donors (Lipinski definition) is 2. The average Bonchev–Trinajstić information content (AvgIpc) is 2.98. The van der Waals surface area contributed by atoms with Gasteiger partial charge in [-0.15, -0.1) is 0 Å². The van der Waals surface area contributed by atoms with Gasteiger partial charge in [0.1, 0.15) is 5.69 Å². The molecule has 1 saturated heterocycles. The van der Waals surface area contributed by atoms with Gasteiger partial charge in [-0.05, 0) is 24.6 Å². The second kappa shape index (κ2) is 5.51. The van der Waals surface area contributed by atoms with Gasteiger partial charge in [-0.25, -0.2) is 0 Å². The number of aromatic nitrogens is 1.